The minimum atomic E-state index is -0.0128. The smallest absolute Gasteiger partial charge is 0.222 e. The van der Waals surface area contributed by atoms with E-state index in [1.807, 2.05) is 24.3 Å². The van der Waals surface area contributed by atoms with Crippen LogP contribution in [-0.4, -0.2) is 32.7 Å². The average molecular weight is 311 g/mol. The number of benzene rings is 1. The summed E-state index contributed by atoms with van der Waals surface area (Å²) in [5.74, 6) is 0.420. The second-order valence-electron chi connectivity index (χ2n) is 5.38. The van der Waals surface area contributed by atoms with E-state index in [1.54, 1.807) is 7.05 Å². The van der Waals surface area contributed by atoms with E-state index < -0.39 is 0 Å². The van der Waals surface area contributed by atoms with Crippen LogP contribution in [0.2, 0.25) is 5.02 Å². The van der Waals surface area contributed by atoms with Crippen LogP contribution in [0.3, 0.4) is 0 Å². The van der Waals surface area contributed by atoms with Gasteiger partial charge in [-0.1, -0.05) is 23.7 Å². The third kappa shape index (κ3) is 4.99. The molecule has 21 heavy (non-hydrogen) atoms. The van der Waals surface area contributed by atoms with Gasteiger partial charge in [0, 0.05) is 31.0 Å². The molecule has 2 N–H and O–H groups in total. The van der Waals surface area contributed by atoms with Crippen molar-refractivity contribution in [3.8, 4) is 0 Å². The van der Waals surface area contributed by atoms with E-state index >= 15 is 0 Å². The molecule has 2 unspecified atom stereocenters. The topological polar surface area (TPSA) is 50.4 Å². The summed E-state index contributed by atoms with van der Waals surface area (Å²) in [4.78, 5) is 11.3. The number of ether oxygens (including phenoxy) is 1. The Morgan fingerprint density at radius 3 is 3.10 bits per heavy atom. The van der Waals surface area contributed by atoms with Crippen molar-refractivity contribution in [2.24, 2.45) is 5.92 Å². The summed E-state index contributed by atoms with van der Waals surface area (Å²) in [6.07, 6.45) is 2.65. The van der Waals surface area contributed by atoms with Crippen molar-refractivity contribution in [3.05, 3.63) is 34.9 Å². The zero-order valence-electron chi connectivity index (χ0n) is 12.4. The number of hydrogen-bond acceptors (Lipinski definition) is 3. The molecular weight excluding hydrogens is 288 g/mol. The second-order valence-corrected chi connectivity index (χ2v) is 5.81. The zero-order valence-corrected chi connectivity index (χ0v) is 13.2. The third-order valence-electron chi connectivity index (χ3n) is 3.85. The van der Waals surface area contributed by atoms with E-state index in [-0.39, 0.29) is 12.0 Å². The summed E-state index contributed by atoms with van der Waals surface area (Å²) >= 11 is 6.10. The molecule has 1 saturated heterocycles. The lowest BCUT2D eigenvalue weighted by molar-refractivity contribution is -0.122. The molecule has 0 bridgehead atoms. The predicted molar refractivity (Wildman–Crippen MR) is 84.4 cm³/mol. The molecule has 1 aromatic rings. The van der Waals surface area contributed by atoms with Gasteiger partial charge in [0.1, 0.15) is 0 Å². The van der Waals surface area contributed by atoms with Gasteiger partial charge in [0.15, 0.2) is 0 Å². The highest BCUT2D eigenvalue weighted by atomic mass is 35.5. The van der Waals surface area contributed by atoms with Gasteiger partial charge in [-0.05, 0) is 37.1 Å². The van der Waals surface area contributed by atoms with Gasteiger partial charge in [0.25, 0.3) is 0 Å². The number of amides is 1. The molecule has 1 heterocycles. The van der Waals surface area contributed by atoms with Crippen LogP contribution >= 0.6 is 11.6 Å². The summed E-state index contributed by atoms with van der Waals surface area (Å²) < 4.78 is 6.04. The third-order valence-corrected chi connectivity index (χ3v) is 4.08. The summed E-state index contributed by atoms with van der Waals surface area (Å²) in [5.41, 5.74) is 1.09. The number of halogens is 1. The molecule has 2 rings (SSSR count). The molecule has 116 valence electrons. The molecule has 5 heteroatoms. The second kappa shape index (κ2) is 8.37. The van der Waals surface area contributed by atoms with E-state index in [0.717, 1.165) is 36.5 Å². The first-order chi connectivity index (χ1) is 10.2. The predicted octanol–water partition coefficient (Wildman–Crippen LogP) is 2.53. The Morgan fingerprint density at radius 1 is 1.57 bits per heavy atom. The van der Waals surface area contributed by atoms with E-state index in [4.69, 9.17) is 16.3 Å². The van der Waals surface area contributed by atoms with Crippen molar-refractivity contribution in [1.82, 2.24) is 10.6 Å². The molecule has 1 amide bonds. The maximum atomic E-state index is 11.3. The van der Waals surface area contributed by atoms with Gasteiger partial charge >= 0.3 is 0 Å². The monoisotopic (exact) mass is 310 g/mol. The molecule has 0 saturated carbocycles. The van der Waals surface area contributed by atoms with Gasteiger partial charge in [0.05, 0.1) is 12.7 Å². The number of piperidine rings is 1. The molecule has 2 atom stereocenters. The lowest BCUT2D eigenvalue weighted by Crippen LogP contribution is -2.34. The van der Waals surface area contributed by atoms with Crippen LogP contribution in [0.5, 0.6) is 0 Å². The lowest BCUT2D eigenvalue weighted by atomic mass is 9.89. The molecule has 1 aliphatic heterocycles. The first kappa shape index (κ1) is 16.3. The Bertz CT molecular complexity index is 461. The van der Waals surface area contributed by atoms with Crippen molar-refractivity contribution < 1.29 is 9.53 Å². The van der Waals surface area contributed by atoms with Gasteiger partial charge in [0.2, 0.25) is 5.91 Å². The standard InChI is InChI=1S/C16H23ClN2O2/c1-18-15(20)7-9-21-16(13-5-3-8-19-11-13)12-4-2-6-14(17)10-12/h2,4,6,10,13,16,19H,3,5,7-9,11H2,1H3,(H,18,20). The van der Waals surface area contributed by atoms with Gasteiger partial charge in [-0.25, -0.2) is 0 Å². The molecular formula is C16H23ClN2O2. The average Bonchev–Trinajstić information content (AvgIpc) is 2.52. The van der Waals surface area contributed by atoms with Crippen LogP contribution in [0.15, 0.2) is 24.3 Å². The summed E-state index contributed by atoms with van der Waals surface area (Å²) in [6.45, 7) is 2.43. The molecule has 1 fully saturated rings. The minimum absolute atomic E-state index is 0.00149. The normalized spacial score (nSPS) is 20.0. The molecule has 0 spiro atoms. The number of carbonyl (C=O) groups excluding carboxylic acids is 1. The summed E-state index contributed by atoms with van der Waals surface area (Å²) in [6, 6.07) is 7.82. The molecule has 1 aromatic carbocycles. The minimum Gasteiger partial charge on any atom is -0.373 e. The Balaban J connectivity index is 2.04. The van der Waals surface area contributed by atoms with Crippen molar-refractivity contribution >= 4 is 17.5 Å². The first-order valence-electron chi connectivity index (χ1n) is 7.49. The van der Waals surface area contributed by atoms with Crippen molar-refractivity contribution in [3.63, 3.8) is 0 Å². The van der Waals surface area contributed by atoms with Gasteiger partial charge in [-0.15, -0.1) is 0 Å². The van der Waals surface area contributed by atoms with Gasteiger partial charge < -0.3 is 15.4 Å². The van der Waals surface area contributed by atoms with E-state index in [2.05, 4.69) is 10.6 Å². The maximum Gasteiger partial charge on any atom is 0.222 e. The fourth-order valence-corrected chi connectivity index (χ4v) is 2.93. The Morgan fingerprint density at radius 2 is 2.43 bits per heavy atom. The lowest BCUT2D eigenvalue weighted by Gasteiger charge is -2.31. The van der Waals surface area contributed by atoms with Crippen molar-refractivity contribution in [2.45, 2.75) is 25.4 Å². The molecule has 0 aromatic heterocycles. The Hall–Kier alpha value is -1.10. The highest BCUT2D eigenvalue weighted by molar-refractivity contribution is 6.30. The fourth-order valence-electron chi connectivity index (χ4n) is 2.73. The Kier molecular flexibility index (Phi) is 6.49. The zero-order chi connectivity index (χ0) is 15.1. The van der Waals surface area contributed by atoms with E-state index in [9.17, 15) is 4.79 Å². The largest absolute Gasteiger partial charge is 0.373 e. The molecule has 0 aliphatic carbocycles. The molecule has 0 radical (unpaired) electrons. The van der Waals surface area contributed by atoms with E-state index in [1.165, 1.54) is 0 Å². The Labute approximate surface area is 131 Å². The number of hydrogen-bond donors (Lipinski definition) is 2. The molecule has 1 aliphatic rings. The number of rotatable bonds is 6. The quantitative estimate of drug-likeness (QED) is 0.849. The van der Waals surface area contributed by atoms with E-state index in [0.29, 0.717) is 18.9 Å². The van der Waals surface area contributed by atoms with Crippen LogP contribution in [0.4, 0.5) is 0 Å². The van der Waals surface area contributed by atoms with Crippen LogP contribution in [0.1, 0.15) is 30.9 Å². The highest BCUT2D eigenvalue weighted by Gasteiger charge is 2.26. The highest BCUT2D eigenvalue weighted by Crippen LogP contribution is 2.32. The fraction of sp³-hybridized carbons (Fsp3) is 0.562. The molecule has 4 nitrogen and oxygen atoms in total. The summed E-state index contributed by atoms with van der Waals surface area (Å²) in [5, 5.41) is 6.75. The van der Waals surface area contributed by atoms with Crippen molar-refractivity contribution in [2.75, 3.05) is 26.7 Å². The SMILES string of the molecule is CNC(=O)CCOC(c1cccc(Cl)c1)C1CCCNC1. The van der Waals surface area contributed by atoms with Gasteiger partial charge in [-0.2, -0.15) is 0 Å². The van der Waals surface area contributed by atoms with Crippen LogP contribution in [0.25, 0.3) is 0 Å². The summed E-state index contributed by atoms with van der Waals surface area (Å²) in [7, 11) is 1.64. The number of carbonyl (C=O) groups is 1. The van der Waals surface area contributed by atoms with Crippen LogP contribution in [0, 0.1) is 5.92 Å². The maximum absolute atomic E-state index is 11.3. The number of nitrogens with one attached hydrogen (secondary N) is 2. The van der Waals surface area contributed by atoms with Crippen molar-refractivity contribution in [1.29, 1.82) is 0 Å². The van der Waals surface area contributed by atoms with Crippen LogP contribution in [-0.2, 0) is 9.53 Å². The first-order valence-corrected chi connectivity index (χ1v) is 7.87. The van der Waals surface area contributed by atoms with Crippen LogP contribution < -0.4 is 10.6 Å². The van der Waals surface area contributed by atoms with Gasteiger partial charge in [-0.3, -0.25) is 4.79 Å².